The summed E-state index contributed by atoms with van der Waals surface area (Å²) in [5.41, 5.74) is 2.20. The zero-order valence-electron chi connectivity index (χ0n) is 14.9. The van der Waals surface area contributed by atoms with Crippen LogP contribution in [-0.2, 0) is 4.79 Å². The van der Waals surface area contributed by atoms with Crippen LogP contribution in [-0.4, -0.2) is 45.6 Å². The van der Waals surface area contributed by atoms with Crippen molar-refractivity contribution in [2.45, 2.75) is 19.8 Å². The molecule has 0 aliphatic rings. The van der Waals surface area contributed by atoms with Crippen molar-refractivity contribution >= 4 is 23.0 Å². The van der Waals surface area contributed by atoms with E-state index >= 15 is 0 Å². The molecule has 7 nitrogen and oxygen atoms in total. The molecule has 0 fully saturated rings. The minimum absolute atomic E-state index is 0.0174. The molecule has 0 saturated carbocycles. The van der Waals surface area contributed by atoms with Crippen molar-refractivity contribution < 1.29 is 23.6 Å². The number of aliphatic carboxylic acids is 1. The quantitative estimate of drug-likeness (QED) is 0.714. The normalized spacial score (nSPS) is 10.9. The number of rotatable bonds is 6. The van der Waals surface area contributed by atoms with Gasteiger partial charge in [-0.15, -0.1) is 0 Å². The first kappa shape index (κ1) is 18.5. The van der Waals surface area contributed by atoms with E-state index in [0.29, 0.717) is 40.9 Å². The number of carbonyl (C=O) groups is 2. The highest BCUT2D eigenvalue weighted by Gasteiger charge is 2.21. The Balaban J connectivity index is 1.99. The third kappa shape index (κ3) is 3.94. The van der Waals surface area contributed by atoms with Crippen LogP contribution in [0.5, 0.6) is 0 Å². The van der Waals surface area contributed by atoms with Crippen LogP contribution in [0, 0.1) is 12.7 Å². The van der Waals surface area contributed by atoms with Crippen molar-refractivity contribution in [3.63, 3.8) is 0 Å². The lowest BCUT2D eigenvalue weighted by Crippen LogP contribution is -2.28. The van der Waals surface area contributed by atoms with Crippen molar-refractivity contribution in [1.82, 2.24) is 15.0 Å². The molecule has 0 spiro atoms. The number of benzene rings is 1. The van der Waals surface area contributed by atoms with Crippen LogP contribution in [0.2, 0.25) is 0 Å². The average molecular weight is 371 g/mol. The Hall–Kier alpha value is -3.29. The van der Waals surface area contributed by atoms with E-state index in [-0.39, 0.29) is 23.9 Å². The molecule has 2 heterocycles. The molecule has 0 saturated heterocycles. The molecule has 140 valence electrons. The maximum atomic E-state index is 13.2. The lowest BCUT2D eigenvalue weighted by Gasteiger charge is -2.17. The molecule has 0 aliphatic heterocycles. The number of hydrogen-bond donors (Lipinski definition) is 1. The summed E-state index contributed by atoms with van der Waals surface area (Å²) in [6.07, 6.45) is 0.329. The van der Waals surface area contributed by atoms with Gasteiger partial charge in [-0.25, -0.2) is 9.37 Å². The summed E-state index contributed by atoms with van der Waals surface area (Å²) < 4.78 is 18.4. The van der Waals surface area contributed by atoms with Gasteiger partial charge >= 0.3 is 5.97 Å². The molecular formula is C19H18FN3O4. The number of aryl methyl sites for hydroxylation is 1. The molecule has 8 heteroatoms. The fourth-order valence-corrected chi connectivity index (χ4v) is 2.81. The Morgan fingerprint density at radius 2 is 1.96 bits per heavy atom. The number of carbonyl (C=O) groups excluding carboxylic acids is 1. The Bertz CT molecular complexity index is 998. The van der Waals surface area contributed by atoms with Crippen molar-refractivity contribution in [3.8, 4) is 11.3 Å². The van der Waals surface area contributed by atoms with Gasteiger partial charge in [-0.3, -0.25) is 9.59 Å². The zero-order chi connectivity index (χ0) is 19.6. The first-order chi connectivity index (χ1) is 12.9. The molecular weight excluding hydrogens is 353 g/mol. The van der Waals surface area contributed by atoms with Crippen LogP contribution < -0.4 is 0 Å². The summed E-state index contributed by atoms with van der Waals surface area (Å²) in [6.45, 7) is 2.01. The Labute approximate surface area is 154 Å². The highest BCUT2D eigenvalue weighted by Crippen LogP contribution is 2.28. The first-order valence-electron chi connectivity index (χ1n) is 8.37. The standard InChI is InChI=1S/C19H18FN3O4/c1-11-17-14(19(26)23(2)9-3-4-16(24)25)10-15(21-18(17)27-22-11)12-5-7-13(20)8-6-12/h5-8,10H,3-4,9H2,1-2H3,(H,24,25). The van der Waals surface area contributed by atoms with Crippen LogP contribution >= 0.6 is 0 Å². The Morgan fingerprint density at radius 1 is 1.26 bits per heavy atom. The van der Waals surface area contributed by atoms with Gasteiger partial charge in [-0.1, -0.05) is 5.16 Å². The van der Waals surface area contributed by atoms with Crippen LogP contribution in [0.15, 0.2) is 34.9 Å². The van der Waals surface area contributed by atoms with Gasteiger partial charge in [0.25, 0.3) is 11.6 Å². The number of hydrogen-bond acceptors (Lipinski definition) is 5. The number of fused-ring (bicyclic) bond motifs is 1. The summed E-state index contributed by atoms with van der Waals surface area (Å²) in [4.78, 5) is 29.5. The van der Waals surface area contributed by atoms with Gasteiger partial charge in [0, 0.05) is 25.6 Å². The van der Waals surface area contributed by atoms with Crippen molar-refractivity contribution in [1.29, 1.82) is 0 Å². The molecule has 0 radical (unpaired) electrons. The molecule has 3 rings (SSSR count). The second kappa shape index (κ2) is 7.53. The van der Waals surface area contributed by atoms with E-state index < -0.39 is 5.97 Å². The van der Waals surface area contributed by atoms with Gasteiger partial charge < -0.3 is 14.5 Å². The molecule has 1 aromatic carbocycles. The predicted octanol–water partition coefficient (Wildman–Crippen LogP) is 3.27. The average Bonchev–Trinajstić information content (AvgIpc) is 3.01. The smallest absolute Gasteiger partial charge is 0.303 e. The number of amides is 1. The Morgan fingerprint density at radius 3 is 2.63 bits per heavy atom. The van der Waals surface area contributed by atoms with Crippen LogP contribution in [0.4, 0.5) is 4.39 Å². The van der Waals surface area contributed by atoms with Crippen molar-refractivity contribution in [2.24, 2.45) is 0 Å². The molecule has 1 amide bonds. The summed E-state index contributed by atoms with van der Waals surface area (Å²) in [6, 6.07) is 7.38. The van der Waals surface area contributed by atoms with Crippen LogP contribution in [0.3, 0.4) is 0 Å². The monoisotopic (exact) mass is 371 g/mol. The number of halogens is 1. The minimum atomic E-state index is -0.907. The second-order valence-corrected chi connectivity index (χ2v) is 6.23. The van der Waals surface area contributed by atoms with E-state index in [1.165, 1.54) is 17.0 Å². The van der Waals surface area contributed by atoms with Gasteiger partial charge in [-0.05, 0) is 43.7 Å². The molecule has 1 N–H and O–H groups in total. The Kier molecular flexibility index (Phi) is 5.16. The second-order valence-electron chi connectivity index (χ2n) is 6.23. The third-order valence-corrected chi connectivity index (χ3v) is 4.22. The van der Waals surface area contributed by atoms with E-state index in [1.807, 2.05) is 0 Å². The van der Waals surface area contributed by atoms with E-state index in [2.05, 4.69) is 10.1 Å². The molecule has 0 aliphatic carbocycles. The van der Waals surface area contributed by atoms with Gasteiger partial charge in [0.1, 0.15) is 5.82 Å². The summed E-state index contributed by atoms with van der Waals surface area (Å²) in [5.74, 6) is -1.57. The maximum Gasteiger partial charge on any atom is 0.303 e. The number of carboxylic acid groups (broad SMARTS) is 1. The fraction of sp³-hybridized carbons (Fsp3) is 0.263. The number of aromatic nitrogens is 2. The van der Waals surface area contributed by atoms with Crippen LogP contribution in [0.25, 0.3) is 22.4 Å². The van der Waals surface area contributed by atoms with E-state index in [4.69, 9.17) is 9.63 Å². The molecule has 0 unspecified atom stereocenters. The summed E-state index contributed by atoms with van der Waals surface area (Å²) in [7, 11) is 1.61. The molecule has 0 bridgehead atoms. The maximum absolute atomic E-state index is 13.2. The van der Waals surface area contributed by atoms with E-state index in [0.717, 1.165) is 0 Å². The number of pyridine rings is 1. The molecule has 3 aromatic rings. The topological polar surface area (TPSA) is 96.5 Å². The van der Waals surface area contributed by atoms with Gasteiger partial charge in [0.15, 0.2) is 0 Å². The number of nitrogens with zero attached hydrogens (tertiary/aromatic N) is 3. The number of carboxylic acids is 1. The molecule has 0 atom stereocenters. The van der Waals surface area contributed by atoms with Gasteiger partial charge in [0.05, 0.1) is 22.3 Å². The predicted molar refractivity (Wildman–Crippen MR) is 95.8 cm³/mol. The lowest BCUT2D eigenvalue weighted by atomic mass is 10.0. The third-order valence-electron chi connectivity index (χ3n) is 4.22. The minimum Gasteiger partial charge on any atom is -0.481 e. The fourth-order valence-electron chi connectivity index (χ4n) is 2.81. The molecule has 27 heavy (non-hydrogen) atoms. The first-order valence-corrected chi connectivity index (χ1v) is 8.37. The van der Waals surface area contributed by atoms with Crippen LogP contribution in [0.1, 0.15) is 28.9 Å². The highest BCUT2D eigenvalue weighted by atomic mass is 19.1. The largest absolute Gasteiger partial charge is 0.481 e. The van der Waals surface area contributed by atoms with Crippen molar-refractivity contribution in [3.05, 3.63) is 47.4 Å². The van der Waals surface area contributed by atoms with Crippen molar-refractivity contribution in [2.75, 3.05) is 13.6 Å². The lowest BCUT2D eigenvalue weighted by molar-refractivity contribution is -0.137. The SMILES string of the molecule is Cc1noc2nc(-c3ccc(F)cc3)cc(C(=O)N(C)CCCC(=O)O)c12. The van der Waals surface area contributed by atoms with E-state index in [1.54, 1.807) is 32.2 Å². The molecule has 2 aromatic heterocycles. The van der Waals surface area contributed by atoms with Gasteiger partial charge in [0.2, 0.25) is 0 Å². The summed E-state index contributed by atoms with van der Waals surface area (Å²) >= 11 is 0. The highest BCUT2D eigenvalue weighted by molar-refractivity contribution is 6.06. The summed E-state index contributed by atoms with van der Waals surface area (Å²) in [5, 5.41) is 13.2. The van der Waals surface area contributed by atoms with Gasteiger partial charge in [-0.2, -0.15) is 0 Å². The van der Waals surface area contributed by atoms with E-state index in [9.17, 15) is 14.0 Å². The zero-order valence-corrected chi connectivity index (χ0v) is 14.9.